The van der Waals surface area contributed by atoms with Crippen molar-refractivity contribution < 1.29 is 5.11 Å². The summed E-state index contributed by atoms with van der Waals surface area (Å²) in [4.78, 5) is 4.19. The molecule has 0 radical (unpaired) electrons. The van der Waals surface area contributed by atoms with E-state index in [2.05, 4.69) is 4.98 Å². The number of hydrogen-bond acceptors (Lipinski definition) is 3. The Bertz CT molecular complexity index is 677. The number of nitrogens with two attached hydrogens (primary N) is 1. The first-order valence-electron chi connectivity index (χ1n) is 5.72. The molecule has 2 heterocycles. The van der Waals surface area contributed by atoms with Gasteiger partial charge in [0.25, 0.3) is 0 Å². The largest absolute Gasteiger partial charge is 0.505 e. The highest BCUT2D eigenvalue weighted by Gasteiger charge is 2.14. The molecule has 2 aromatic heterocycles. The van der Waals surface area contributed by atoms with Crippen LogP contribution in [0.5, 0.6) is 5.75 Å². The monoisotopic (exact) mass is 239 g/mol. The van der Waals surface area contributed by atoms with Crippen molar-refractivity contribution in [3.63, 3.8) is 0 Å². The Hall–Kier alpha value is -2.33. The molecule has 4 nitrogen and oxygen atoms in total. The van der Waals surface area contributed by atoms with Crippen LogP contribution >= 0.6 is 0 Å². The maximum Gasteiger partial charge on any atom is 0.148 e. The Labute approximate surface area is 104 Å². The Morgan fingerprint density at radius 1 is 1.11 bits per heavy atom. The maximum atomic E-state index is 10.3. The first-order valence-corrected chi connectivity index (χ1v) is 5.72. The lowest BCUT2D eigenvalue weighted by Gasteiger charge is -2.16. The minimum atomic E-state index is -0.411. The fourth-order valence-electron chi connectivity index (χ4n) is 2.08. The molecule has 1 unspecified atom stereocenters. The van der Waals surface area contributed by atoms with Crippen molar-refractivity contribution in [1.82, 2.24) is 9.55 Å². The van der Waals surface area contributed by atoms with E-state index in [1.54, 1.807) is 6.20 Å². The maximum absolute atomic E-state index is 10.3. The van der Waals surface area contributed by atoms with Crippen LogP contribution in [0.2, 0.25) is 0 Å². The fraction of sp³-hybridized carbons (Fsp3) is 0.0714. The molecular formula is C14H13N3O. The van der Waals surface area contributed by atoms with Crippen molar-refractivity contribution in [2.75, 3.05) is 0 Å². The number of rotatable bonds is 2. The molecular weight excluding hydrogens is 226 g/mol. The van der Waals surface area contributed by atoms with Crippen LogP contribution in [0.1, 0.15) is 11.7 Å². The second-order valence-electron chi connectivity index (χ2n) is 4.15. The van der Waals surface area contributed by atoms with E-state index in [9.17, 15) is 5.11 Å². The zero-order chi connectivity index (χ0) is 12.5. The van der Waals surface area contributed by atoms with Gasteiger partial charge < -0.3 is 15.4 Å². The SMILES string of the molecule is NC(c1ccc2cccnc2c1O)n1cccc1. The van der Waals surface area contributed by atoms with Crippen molar-refractivity contribution in [2.24, 2.45) is 5.73 Å². The first-order chi connectivity index (χ1) is 8.77. The van der Waals surface area contributed by atoms with Crippen LogP contribution in [0.15, 0.2) is 55.0 Å². The summed E-state index contributed by atoms with van der Waals surface area (Å²) in [7, 11) is 0. The number of nitrogens with zero attached hydrogens (tertiary/aromatic N) is 2. The van der Waals surface area contributed by atoms with Crippen LogP contribution < -0.4 is 5.73 Å². The topological polar surface area (TPSA) is 64.1 Å². The molecule has 1 aromatic carbocycles. The average Bonchev–Trinajstić information content (AvgIpc) is 2.93. The van der Waals surface area contributed by atoms with Crippen molar-refractivity contribution in [3.8, 4) is 5.75 Å². The lowest BCUT2D eigenvalue weighted by molar-refractivity contribution is 0.459. The summed E-state index contributed by atoms with van der Waals surface area (Å²) in [5.41, 5.74) is 7.37. The van der Waals surface area contributed by atoms with Gasteiger partial charge in [0.2, 0.25) is 0 Å². The molecule has 0 amide bonds. The van der Waals surface area contributed by atoms with Gasteiger partial charge >= 0.3 is 0 Å². The van der Waals surface area contributed by atoms with Gasteiger partial charge in [-0.3, -0.25) is 4.98 Å². The summed E-state index contributed by atoms with van der Waals surface area (Å²) in [5, 5.41) is 11.2. The number of fused-ring (bicyclic) bond motifs is 1. The molecule has 18 heavy (non-hydrogen) atoms. The van der Waals surface area contributed by atoms with E-state index in [-0.39, 0.29) is 5.75 Å². The van der Waals surface area contributed by atoms with Crippen LogP contribution in [0.25, 0.3) is 10.9 Å². The third kappa shape index (κ3) is 1.63. The number of aromatic nitrogens is 2. The predicted molar refractivity (Wildman–Crippen MR) is 70.2 cm³/mol. The second-order valence-corrected chi connectivity index (χ2v) is 4.15. The highest BCUT2D eigenvalue weighted by molar-refractivity contribution is 5.85. The van der Waals surface area contributed by atoms with Crippen molar-refractivity contribution >= 4 is 10.9 Å². The third-order valence-corrected chi connectivity index (χ3v) is 3.05. The van der Waals surface area contributed by atoms with Crippen molar-refractivity contribution in [3.05, 3.63) is 60.6 Å². The molecule has 1 atom stereocenters. The van der Waals surface area contributed by atoms with E-state index in [1.165, 1.54) is 0 Å². The molecule has 3 N–H and O–H groups in total. The number of aromatic hydroxyl groups is 1. The smallest absolute Gasteiger partial charge is 0.148 e. The molecule has 0 saturated carbocycles. The Balaban J connectivity index is 2.15. The van der Waals surface area contributed by atoms with E-state index in [1.807, 2.05) is 53.4 Å². The summed E-state index contributed by atoms with van der Waals surface area (Å²) >= 11 is 0. The van der Waals surface area contributed by atoms with Crippen molar-refractivity contribution in [2.45, 2.75) is 6.17 Å². The molecule has 0 aliphatic heterocycles. The van der Waals surface area contributed by atoms with E-state index in [4.69, 9.17) is 5.73 Å². The number of hydrogen-bond donors (Lipinski definition) is 2. The summed E-state index contributed by atoms with van der Waals surface area (Å²) in [6.07, 6.45) is 4.98. The quantitative estimate of drug-likeness (QED) is 0.721. The van der Waals surface area contributed by atoms with Crippen LogP contribution in [0.3, 0.4) is 0 Å². The molecule has 3 aromatic rings. The van der Waals surface area contributed by atoms with Gasteiger partial charge in [0.15, 0.2) is 0 Å². The van der Waals surface area contributed by atoms with Gasteiger partial charge in [-0.1, -0.05) is 18.2 Å². The Kier molecular flexibility index (Phi) is 2.50. The second kappa shape index (κ2) is 4.16. The molecule has 0 spiro atoms. The lowest BCUT2D eigenvalue weighted by Crippen LogP contribution is -2.18. The summed E-state index contributed by atoms with van der Waals surface area (Å²) < 4.78 is 1.84. The van der Waals surface area contributed by atoms with E-state index >= 15 is 0 Å². The van der Waals surface area contributed by atoms with Gasteiger partial charge in [0.1, 0.15) is 17.4 Å². The van der Waals surface area contributed by atoms with Gasteiger partial charge in [0, 0.05) is 29.5 Å². The van der Waals surface area contributed by atoms with Crippen LogP contribution in [0.4, 0.5) is 0 Å². The van der Waals surface area contributed by atoms with Crippen LogP contribution in [0, 0.1) is 0 Å². The minimum Gasteiger partial charge on any atom is -0.505 e. The van der Waals surface area contributed by atoms with Gasteiger partial charge in [0.05, 0.1) is 0 Å². The standard InChI is InChI=1S/C14H13N3O/c15-14(17-8-1-2-9-17)11-6-5-10-4-3-7-16-12(10)13(11)18/h1-9,14,18H,15H2. The third-order valence-electron chi connectivity index (χ3n) is 3.05. The highest BCUT2D eigenvalue weighted by Crippen LogP contribution is 2.30. The summed E-state index contributed by atoms with van der Waals surface area (Å²) in [5.74, 6) is 0.147. The molecule has 0 bridgehead atoms. The predicted octanol–water partition coefficient (Wildman–Crippen LogP) is 2.25. The zero-order valence-electron chi connectivity index (χ0n) is 9.69. The van der Waals surface area contributed by atoms with Gasteiger partial charge in [-0.05, 0) is 18.2 Å². The van der Waals surface area contributed by atoms with Crippen LogP contribution in [-0.2, 0) is 0 Å². The molecule has 0 saturated heterocycles. The van der Waals surface area contributed by atoms with E-state index in [0.29, 0.717) is 11.1 Å². The van der Waals surface area contributed by atoms with Gasteiger partial charge in [-0.2, -0.15) is 0 Å². The molecule has 0 aliphatic carbocycles. The molecule has 0 fully saturated rings. The van der Waals surface area contributed by atoms with Gasteiger partial charge in [-0.25, -0.2) is 0 Å². The fourth-order valence-corrected chi connectivity index (χ4v) is 2.08. The Morgan fingerprint density at radius 3 is 2.67 bits per heavy atom. The number of benzene rings is 1. The highest BCUT2D eigenvalue weighted by atomic mass is 16.3. The number of phenols is 1. The first kappa shape index (κ1) is 10.8. The van der Waals surface area contributed by atoms with Crippen molar-refractivity contribution in [1.29, 1.82) is 0 Å². The summed E-state index contributed by atoms with van der Waals surface area (Å²) in [6.45, 7) is 0. The molecule has 3 rings (SSSR count). The average molecular weight is 239 g/mol. The number of pyridine rings is 1. The normalized spacial score (nSPS) is 12.7. The number of phenolic OH excluding ortho intramolecular Hbond substituents is 1. The zero-order valence-corrected chi connectivity index (χ0v) is 9.69. The summed E-state index contributed by atoms with van der Waals surface area (Å²) in [6, 6.07) is 11.3. The van der Waals surface area contributed by atoms with E-state index in [0.717, 1.165) is 5.39 Å². The molecule has 0 aliphatic rings. The van der Waals surface area contributed by atoms with Crippen LogP contribution in [-0.4, -0.2) is 14.7 Å². The lowest BCUT2D eigenvalue weighted by atomic mass is 10.1. The minimum absolute atomic E-state index is 0.147. The molecule has 4 heteroatoms. The Morgan fingerprint density at radius 2 is 1.89 bits per heavy atom. The van der Waals surface area contributed by atoms with E-state index < -0.39 is 6.17 Å². The van der Waals surface area contributed by atoms with Gasteiger partial charge in [-0.15, -0.1) is 0 Å². The molecule has 90 valence electrons.